The molecule has 1 aromatic rings. The Labute approximate surface area is 99.2 Å². The van der Waals surface area contributed by atoms with Crippen molar-refractivity contribution in [2.45, 2.75) is 17.7 Å². The number of aromatic nitrogens is 2. The Morgan fingerprint density at radius 3 is 2.94 bits per heavy atom. The van der Waals surface area contributed by atoms with Gasteiger partial charge in [-0.1, -0.05) is 5.16 Å². The van der Waals surface area contributed by atoms with E-state index < -0.39 is 10.0 Å². The van der Waals surface area contributed by atoms with Gasteiger partial charge in [0.25, 0.3) is 0 Å². The number of rotatable bonds is 6. The molecule has 0 atom stereocenters. The van der Waals surface area contributed by atoms with Crippen molar-refractivity contribution in [1.82, 2.24) is 14.5 Å². The van der Waals surface area contributed by atoms with E-state index in [0.717, 1.165) is 0 Å². The number of amidine groups is 1. The van der Waals surface area contributed by atoms with Gasteiger partial charge in [0.2, 0.25) is 10.0 Å². The van der Waals surface area contributed by atoms with Gasteiger partial charge in [0.05, 0.1) is 6.20 Å². The first-order chi connectivity index (χ1) is 7.95. The first-order valence-corrected chi connectivity index (χ1v) is 6.39. The van der Waals surface area contributed by atoms with Crippen LogP contribution >= 0.6 is 0 Å². The molecule has 0 spiro atoms. The zero-order valence-corrected chi connectivity index (χ0v) is 10.2. The van der Waals surface area contributed by atoms with Crippen LogP contribution in [0.4, 0.5) is 0 Å². The standard InChI is InChI=1S/C8H15N5O3S/c1-13-6-7(5-10-13)17(15,16)11-4-2-3-8(9)12-14/h5-6,11,14H,2-4H2,1H3,(H2,9,12). The van der Waals surface area contributed by atoms with E-state index in [1.165, 1.54) is 17.1 Å². The van der Waals surface area contributed by atoms with E-state index in [0.29, 0.717) is 12.8 Å². The van der Waals surface area contributed by atoms with Gasteiger partial charge in [-0.05, 0) is 6.42 Å². The van der Waals surface area contributed by atoms with E-state index in [-0.39, 0.29) is 17.3 Å². The Hall–Kier alpha value is -1.61. The van der Waals surface area contributed by atoms with Crippen molar-refractivity contribution in [3.8, 4) is 0 Å². The zero-order chi connectivity index (χ0) is 12.9. The second-order valence-electron chi connectivity index (χ2n) is 3.44. The molecule has 96 valence electrons. The molecule has 0 unspecified atom stereocenters. The maximum Gasteiger partial charge on any atom is 0.243 e. The van der Waals surface area contributed by atoms with Crippen LogP contribution in [0.5, 0.6) is 0 Å². The second-order valence-corrected chi connectivity index (χ2v) is 5.21. The average molecular weight is 261 g/mol. The smallest absolute Gasteiger partial charge is 0.243 e. The van der Waals surface area contributed by atoms with Gasteiger partial charge >= 0.3 is 0 Å². The normalized spacial score (nSPS) is 12.9. The Kier molecular flexibility index (Phi) is 4.46. The van der Waals surface area contributed by atoms with E-state index in [1.54, 1.807) is 7.05 Å². The molecule has 0 amide bonds. The van der Waals surface area contributed by atoms with E-state index >= 15 is 0 Å². The molecule has 8 nitrogen and oxygen atoms in total. The molecule has 0 fully saturated rings. The molecule has 4 N–H and O–H groups in total. The summed E-state index contributed by atoms with van der Waals surface area (Å²) in [6.07, 6.45) is 3.46. The lowest BCUT2D eigenvalue weighted by Crippen LogP contribution is -2.25. The average Bonchev–Trinajstić information content (AvgIpc) is 2.71. The van der Waals surface area contributed by atoms with Crippen molar-refractivity contribution in [3.05, 3.63) is 12.4 Å². The number of oxime groups is 1. The molecule has 9 heteroatoms. The summed E-state index contributed by atoms with van der Waals surface area (Å²) in [5.41, 5.74) is 5.25. The van der Waals surface area contributed by atoms with Crippen LogP contribution in [0.3, 0.4) is 0 Å². The third-order valence-corrected chi connectivity index (χ3v) is 3.44. The molecule has 0 saturated heterocycles. The highest BCUT2D eigenvalue weighted by Crippen LogP contribution is 2.05. The number of sulfonamides is 1. The topological polar surface area (TPSA) is 123 Å². The van der Waals surface area contributed by atoms with E-state index in [9.17, 15) is 8.42 Å². The van der Waals surface area contributed by atoms with Gasteiger partial charge in [0, 0.05) is 26.2 Å². The number of nitrogens with zero attached hydrogens (tertiary/aromatic N) is 3. The van der Waals surface area contributed by atoms with Crippen molar-refractivity contribution in [3.63, 3.8) is 0 Å². The summed E-state index contributed by atoms with van der Waals surface area (Å²) in [5.74, 6) is 0.0746. The fraction of sp³-hybridized carbons (Fsp3) is 0.500. The SMILES string of the molecule is Cn1cc(S(=O)(=O)NCCCC(N)=NO)cn1. The molecule has 0 aromatic carbocycles. The minimum atomic E-state index is -3.52. The quantitative estimate of drug-likeness (QED) is 0.204. The van der Waals surface area contributed by atoms with Crippen molar-refractivity contribution >= 4 is 15.9 Å². The largest absolute Gasteiger partial charge is 0.409 e. The second kappa shape index (κ2) is 5.64. The third kappa shape index (κ3) is 4.04. The molecule has 0 aliphatic heterocycles. The van der Waals surface area contributed by atoms with Gasteiger partial charge in [0.1, 0.15) is 10.7 Å². The summed E-state index contributed by atoms with van der Waals surface area (Å²) in [6.45, 7) is 0.216. The van der Waals surface area contributed by atoms with Crippen molar-refractivity contribution in [2.75, 3.05) is 6.54 Å². The maximum atomic E-state index is 11.7. The first kappa shape index (κ1) is 13.5. The lowest BCUT2D eigenvalue weighted by atomic mass is 10.3. The number of hydrogen-bond acceptors (Lipinski definition) is 5. The summed E-state index contributed by atoms with van der Waals surface area (Å²) in [5, 5.41) is 14.9. The van der Waals surface area contributed by atoms with Gasteiger partial charge in [-0.15, -0.1) is 0 Å². The minimum absolute atomic E-state index is 0.0746. The summed E-state index contributed by atoms with van der Waals surface area (Å²) in [7, 11) is -1.88. The Morgan fingerprint density at radius 2 is 2.41 bits per heavy atom. The van der Waals surface area contributed by atoms with Crippen LogP contribution < -0.4 is 10.5 Å². The highest BCUT2D eigenvalue weighted by molar-refractivity contribution is 7.89. The van der Waals surface area contributed by atoms with Crippen molar-refractivity contribution < 1.29 is 13.6 Å². The molecular weight excluding hydrogens is 246 g/mol. The van der Waals surface area contributed by atoms with Crippen LogP contribution in [0.1, 0.15) is 12.8 Å². The molecule has 0 aliphatic carbocycles. The van der Waals surface area contributed by atoms with E-state index in [4.69, 9.17) is 10.9 Å². The van der Waals surface area contributed by atoms with Crippen molar-refractivity contribution in [1.29, 1.82) is 0 Å². The predicted octanol–water partition coefficient (Wildman–Crippen LogP) is -0.775. The summed E-state index contributed by atoms with van der Waals surface area (Å²) >= 11 is 0. The predicted molar refractivity (Wildman–Crippen MR) is 61.0 cm³/mol. The molecular formula is C8H15N5O3S. The number of hydrogen-bond donors (Lipinski definition) is 3. The molecule has 0 radical (unpaired) electrons. The Bertz CT molecular complexity index is 493. The highest BCUT2D eigenvalue weighted by atomic mass is 32.2. The summed E-state index contributed by atoms with van der Waals surface area (Å²) < 4.78 is 27.2. The van der Waals surface area contributed by atoms with Gasteiger partial charge < -0.3 is 10.9 Å². The molecule has 1 heterocycles. The summed E-state index contributed by atoms with van der Waals surface area (Å²) in [6, 6.07) is 0. The van der Waals surface area contributed by atoms with E-state index in [2.05, 4.69) is 15.0 Å². The maximum absolute atomic E-state index is 11.7. The van der Waals surface area contributed by atoms with Crippen LogP contribution in [0.25, 0.3) is 0 Å². The van der Waals surface area contributed by atoms with Crippen LogP contribution in [0, 0.1) is 0 Å². The fourth-order valence-corrected chi connectivity index (χ4v) is 2.20. The molecule has 1 rings (SSSR count). The summed E-state index contributed by atoms with van der Waals surface area (Å²) in [4.78, 5) is 0.115. The van der Waals surface area contributed by atoms with E-state index in [1.807, 2.05) is 0 Å². The third-order valence-electron chi connectivity index (χ3n) is 2.02. The highest BCUT2D eigenvalue weighted by Gasteiger charge is 2.14. The minimum Gasteiger partial charge on any atom is -0.409 e. The molecule has 17 heavy (non-hydrogen) atoms. The number of nitrogens with one attached hydrogen (secondary N) is 1. The van der Waals surface area contributed by atoms with Crippen LogP contribution in [0.2, 0.25) is 0 Å². The number of aryl methyl sites for hydroxylation is 1. The molecule has 0 saturated carbocycles. The molecule has 0 bridgehead atoms. The fourth-order valence-electron chi connectivity index (χ4n) is 1.15. The van der Waals surface area contributed by atoms with Gasteiger partial charge in [0.15, 0.2) is 0 Å². The number of nitrogens with two attached hydrogens (primary N) is 1. The molecule has 1 aromatic heterocycles. The van der Waals surface area contributed by atoms with Gasteiger partial charge in [-0.2, -0.15) is 5.10 Å². The van der Waals surface area contributed by atoms with Crippen LogP contribution in [0.15, 0.2) is 22.4 Å². The van der Waals surface area contributed by atoms with Crippen LogP contribution in [-0.4, -0.2) is 35.8 Å². The monoisotopic (exact) mass is 261 g/mol. The van der Waals surface area contributed by atoms with Crippen LogP contribution in [-0.2, 0) is 17.1 Å². The first-order valence-electron chi connectivity index (χ1n) is 4.90. The lowest BCUT2D eigenvalue weighted by molar-refractivity contribution is 0.316. The Morgan fingerprint density at radius 1 is 1.71 bits per heavy atom. The Balaban J connectivity index is 2.46. The zero-order valence-electron chi connectivity index (χ0n) is 9.37. The van der Waals surface area contributed by atoms with Gasteiger partial charge in [-0.3, -0.25) is 4.68 Å². The van der Waals surface area contributed by atoms with Crippen molar-refractivity contribution in [2.24, 2.45) is 17.9 Å². The lowest BCUT2D eigenvalue weighted by Gasteiger charge is -2.03. The van der Waals surface area contributed by atoms with Gasteiger partial charge in [-0.25, -0.2) is 13.1 Å². The molecule has 0 aliphatic rings.